The van der Waals surface area contributed by atoms with Gasteiger partial charge in [0, 0.05) is 22.6 Å². The maximum Gasteiger partial charge on any atom is 0.123 e. The molecule has 3 nitrogen and oxygen atoms in total. The van der Waals surface area contributed by atoms with Crippen LogP contribution in [0.15, 0.2) is 54.7 Å². The van der Waals surface area contributed by atoms with E-state index < -0.39 is 0 Å². The maximum absolute atomic E-state index is 13.6. The van der Waals surface area contributed by atoms with Crippen molar-refractivity contribution in [2.75, 3.05) is 26.7 Å². The molecule has 3 aromatic rings. The number of hydrogen-bond donors (Lipinski definition) is 0. The van der Waals surface area contributed by atoms with Gasteiger partial charge in [0.15, 0.2) is 0 Å². The molecule has 0 radical (unpaired) electrons. The first-order valence-corrected chi connectivity index (χ1v) is 12.5. The Labute approximate surface area is 198 Å². The number of aromatic nitrogens is 1. The van der Waals surface area contributed by atoms with Crippen molar-refractivity contribution in [3.8, 4) is 0 Å². The SMILES string of the molecule is CC.CC(OCC1(c2ccc(F)cc2)CCN(C)CC1)c1cc(C2CC2)cc2cccnc12. The summed E-state index contributed by atoms with van der Waals surface area (Å²) in [7, 11) is 2.17. The topological polar surface area (TPSA) is 25.4 Å². The lowest BCUT2D eigenvalue weighted by molar-refractivity contribution is 0.00694. The number of likely N-dealkylation sites (tertiary alicyclic amines) is 1. The second-order valence-electron chi connectivity index (χ2n) is 9.50. The summed E-state index contributed by atoms with van der Waals surface area (Å²) in [6.45, 7) is 8.83. The second kappa shape index (κ2) is 10.3. The van der Waals surface area contributed by atoms with E-state index in [0.717, 1.165) is 31.4 Å². The molecule has 1 aromatic heterocycles. The summed E-state index contributed by atoms with van der Waals surface area (Å²) in [5, 5.41) is 1.20. The zero-order chi connectivity index (χ0) is 23.4. The number of hydrogen-bond acceptors (Lipinski definition) is 3. The average molecular weight is 449 g/mol. The molecule has 1 aliphatic carbocycles. The normalized spacial score (nSPS) is 19.1. The van der Waals surface area contributed by atoms with Gasteiger partial charge in [-0.3, -0.25) is 4.98 Å². The van der Waals surface area contributed by atoms with Crippen LogP contribution in [-0.2, 0) is 10.2 Å². The molecule has 176 valence electrons. The third-order valence-electron chi connectivity index (χ3n) is 7.25. The predicted molar refractivity (Wildman–Crippen MR) is 134 cm³/mol. The van der Waals surface area contributed by atoms with Crippen molar-refractivity contribution in [2.45, 2.75) is 63.9 Å². The zero-order valence-corrected chi connectivity index (χ0v) is 20.5. The summed E-state index contributed by atoms with van der Waals surface area (Å²) in [5.41, 5.74) is 4.74. The number of ether oxygens (including phenoxy) is 1. The Morgan fingerprint density at radius 1 is 1.09 bits per heavy atom. The Kier molecular flexibility index (Phi) is 7.45. The van der Waals surface area contributed by atoms with Crippen molar-refractivity contribution in [3.05, 3.63) is 77.2 Å². The molecule has 2 fully saturated rings. The predicted octanol–water partition coefficient (Wildman–Crippen LogP) is 7.02. The quantitative estimate of drug-likeness (QED) is 0.405. The minimum Gasteiger partial charge on any atom is -0.373 e. The van der Waals surface area contributed by atoms with Gasteiger partial charge in [0.1, 0.15) is 5.82 Å². The first-order chi connectivity index (χ1) is 16.0. The van der Waals surface area contributed by atoms with Gasteiger partial charge in [0.25, 0.3) is 0 Å². The molecule has 2 heterocycles. The highest BCUT2D eigenvalue weighted by Gasteiger charge is 2.36. The van der Waals surface area contributed by atoms with Crippen LogP contribution in [0.5, 0.6) is 0 Å². The fraction of sp³-hybridized carbons (Fsp3) is 0.483. The molecule has 0 spiro atoms. The summed E-state index contributed by atoms with van der Waals surface area (Å²) in [5.74, 6) is 0.505. The Morgan fingerprint density at radius 2 is 1.79 bits per heavy atom. The highest BCUT2D eigenvalue weighted by Crippen LogP contribution is 2.43. The molecule has 1 aliphatic heterocycles. The van der Waals surface area contributed by atoms with E-state index in [-0.39, 0.29) is 17.3 Å². The molecule has 0 bridgehead atoms. The van der Waals surface area contributed by atoms with E-state index in [1.807, 2.05) is 38.2 Å². The van der Waals surface area contributed by atoms with Crippen molar-refractivity contribution in [2.24, 2.45) is 0 Å². The van der Waals surface area contributed by atoms with Crippen LogP contribution in [0.3, 0.4) is 0 Å². The Morgan fingerprint density at radius 3 is 2.45 bits per heavy atom. The van der Waals surface area contributed by atoms with Crippen LogP contribution in [-0.4, -0.2) is 36.6 Å². The number of pyridine rings is 1. The number of piperidine rings is 1. The number of rotatable bonds is 6. The molecule has 33 heavy (non-hydrogen) atoms. The Balaban J connectivity index is 0.00000126. The standard InChI is InChI=1S/C27H31FN2O.C2H6/c1-19(25-17-22(20-5-6-20)16-21-4-3-13-29-26(21)25)31-18-27(11-14-30(2)15-12-27)23-7-9-24(28)10-8-23;1-2/h3-4,7-10,13,16-17,19-20H,5-6,11-12,14-15,18H2,1-2H3;1-2H3. The van der Waals surface area contributed by atoms with Crippen molar-refractivity contribution in [3.63, 3.8) is 0 Å². The summed E-state index contributed by atoms with van der Waals surface area (Å²) < 4.78 is 20.2. The van der Waals surface area contributed by atoms with Gasteiger partial charge in [0.05, 0.1) is 18.2 Å². The zero-order valence-electron chi connectivity index (χ0n) is 20.5. The van der Waals surface area contributed by atoms with Crippen LogP contribution in [0.25, 0.3) is 10.9 Å². The van der Waals surface area contributed by atoms with E-state index in [9.17, 15) is 4.39 Å². The summed E-state index contributed by atoms with van der Waals surface area (Å²) in [4.78, 5) is 7.05. The third-order valence-corrected chi connectivity index (χ3v) is 7.25. The van der Waals surface area contributed by atoms with Gasteiger partial charge < -0.3 is 9.64 Å². The van der Waals surface area contributed by atoms with Gasteiger partial charge in [0.2, 0.25) is 0 Å². The van der Waals surface area contributed by atoms with E-state index in [1.54, 1.807) is 12.1 Å². The third kappa shape index (κ3) is 5.28. The molecule has 2 aromatic carbocycles. The number of halogens is 1. The van der Waals surface area contributed by atoms with Gasteiger partial charge in [-0.1, -0.05) is 38.1 Å². The van der Waals surface area contributed by atoms with Crippen molar-refractivity contribution in [1.82, 2.24) is 9.88 Å². The lowest BCUT2D eigenvalue weighted by Crippen LogP contribution is -2.44. The van der Waals surface area contributed by atoms with Gasteiger partial charge in [-0.05, 0) is 94.1 Å². The van der Waals surface area contributed by atoms with Crippen LogP contribution in [0.4, 0.5) is 4.39 Å². The van der Waals surface area contributed by atoms with E-state index in [2.05, 4.69) is 42.1 Å². The summed E-state index contributed by atoms with van der Waals surface area (Å²) in [6, 6.07) is 15.8. The smallest absolute Gasteiger partial charge is 0.123 e. The van der Waals surface area contributed by atoms with E-state index in [4.69, 9.17) is 4.74 Å². The molecule has 1 unspecified atom stereocenters. The molecule has 2 aliphatic rings. The first kappa shape index (κ1) is 23.8. The maximum atomic E-state index is 13.6. The summed E-state index contributed by atoms with van der Waals surface area (Å²) in [6.07, 6.45) is 6.41. The molecule has 1 saturated heterocycles. The molecule has 0 N–H and O–H groups in total. The molecular formula is C29H37FN2O. The summed E-state index contributed by atoms with van der Waals surface area (Å²) >= 11 is 0. The molecule has 4 heteroatoms. The van der Waals surface area contributed by atoms with Gasteiger partial charge in [-0.25, -0.2) is 4.39 Å². The van der Waals surface area contributed by atoms with E-state index >= 15 is 0 Å². The van der Waals surface area contributed by atoms with Gasteiger partial charge in [-0.2, -0.15) is 0 Å². The minimum atomic E-state index is -0.185. The number of nitrogens with zero attached hydrogens (tertiary/aromatic N) is 2. The number of benzene rings is 2. The van der Waals surface area contributed by atoms with Crippen LogP contribution < -0.4 is 0 Å². The van der Waals surface area contributed by atoms with Crippen LogP contribution >= 0.6 is 0 Å². The average Bonchev–Trinajstić information content (AvgIpc) is 3.70. The van der Waals surface area contributed by atoms with Crippen molar-refractivity contribution >= 4 is 10.9 Å². The highest BCUT2D eigenvalue weighted by atomic mass is 19.1. The van der Waals surface area contributed by atoms with Crippen LogP contribution in [0.2, 0.25) is 0 Å². The van der Waals surface area contributed by atoms with Crippen LogP contribution in [0.1, 0.15) is 75.2 Å². The molecule has 0 amide bonds. The Bertz CT molecular complexity index is 1050. The minimum absolute atomic E-state index is 0.0481. The number of fused-ring (bicyclic) bond motifs is 1. The fourth-order valence-corrected chi connectivity index (χ4v) is 4.95. The van der Waals surface area contributed by atoms with E-state index in [0.29, 0.717) is 12.5 Å². The van der Waals surface area contributed by atoms with Crippen molar-refractivity contribution in [1.29, 1.82) is 0 Å². The lowest BCUT2D eigenvalue weighted by Gasteiger charge is -2.41. The molecule has 1 atom stereocenters. The second-order valence-corrected chi connectivity index (χ2v) is 9.50. The Hall–Kier alpha value is -2.30. The first-order valence-electron chi connectivity index (χ1n) is 12.5. The van der Waals surface area contributed by atoms with Gasteiger partial charge >= 0.3 is 0 Å². The lowest BCUT2D eigenvalue weighted by atomic mass is 9.73. The highest BCUT2D eigenvalue weighted by molar-refractivity contribution is 5.83. The molecular weight excluding hydrogens is 411 g/mol. The van der Waals surface area contributed by atoms with Crippen molar-refractivity contribution < 1.29 is 9.13 Å². The largest absolute Gasteiger partial charge is 0.373 e. The monoisotopic (exact) mass is 448 g/mol. The van der Waals surface area contributed by atoms with Crippen LogP contribution in [0, 0.1) is 5.82 Å². The molecule has 5 rings (SSSR count). The fourth-order valence-electron chi connectivity index (χ4n) is 4.95. The van der Waals surface area contributed by atoms with Gasteiger partial charge in [-0.15, -0.1) is 0 Å². The molecule has 1 saturated carbocycles. The van der Waals surface area contributed by atoms with E-state index in [1.165, 1.54) is 34.9 Å².